The van der Waals surface area contributed by atoms with Crippen LogP contribution in [0.2, 0.25) is 0 Å². The summed E-state index contributed by atoms with van der Waals surface area (Å²) in [7, 11) is 0. The maximum Gasteiger partial charge on any atom is 0.0991 e. The average molecular weight is 185 g/mol. The van der Waals surface area contributed by atoms with Crippen molar-refractivity contribution in [3.05, 3.63) is 41.6 Å². The van der Waals surface area contributed by atoms with Crippen molar-refractivity contribution in [2.45, 2.75) is 0 Å². The van der Waals surface area contributed by atoms with Crippen molar-refractivity contribution in [1.82, 2.24) is 10.6 Å². The molecule has 0 unspecified atom stereocenters. The third-order valence-electron chi connectivity index (χ3n) is 2.20. The molecule has 0 aliphatic carbocycles. The zero-order valence-electron chi connectivity index (χ0n) is 7.75. The van der Waals surface area contributed by atoms with Gasteiger partial charge in [0.15, 0.2) is 0 Å². The van der Waals surface area contributed by atoms with Gasteiger partial charge in [0, 0.05) is 12.7 Å². The van der Waals surface area contributed by atoms with Crippen molar-refractivity contribution in [2.75, 3.05) is 13.2 Å². The molecule has 2 N–H and O–H groups in total. The van der Waals surface area contributed by atoms with Gasteiger partial charge in [0.2, 0.25) is 0 Å². The van der Waals surface area contributed by atoms with E-state index >= 15 is 0 Å². The van der Waals surface area contributed by atoms with Crippen LogP contribution in [0.5, 0.6) is 0 Å². The minimum atomic E-state index is 0.700. The van der Waals surface area contributed by atoms with E-state index in [1.807, 2.05) is 30.5 Å². The minimum Gasteiger partial charge on any atom is -0.378 e. The lowest BCUT2D eigenvalue weighted by molar-refractivity contribution is 0.678. The standard InChI is InChI=1S/C11H11N3/c12-5-9-1-3-10(4-2-9)11-6-13-8-14-7-11/h1-4,6,13-14H,7-8H2. The van der Waals surface area contributed by atoms with Gasteiger partial charge < -0.3 is 5.32 Å². The van der Waals surface area contributed by atoms with Crippen LogP contribution in [0.15, 0.2) is 30.5 Å². The molecule has 0 radical (unpaired) electrons. The molecule has 0 amide bonds. The minimum absolute atomic E-state index is 0.700. The predicted molar refractivity (Wildman–Crippen MR) is 55.1 cm³/mol. The maximum atomic E-state index is 8.65. The van der Waals surface area contributed by atoms with E-state index < -0.39 is 0 Å². The van der Waals surface area contributed by atoms with E-state index in [1.54, 1.807) is 0 Å². The van der Waals surface area contributed by atoms with Crippen molar-refractivity contribution in [1.29, 1.82) is 5.26 Å². The number of hydrogen-bond donors (Lipinski definition) is 2. The lowest BCUT2D eigenvalue weighted by atomic mass is 10.0. The first-order valence-corrected chi connectivity index (χ1v) is 4.54. The monoisotopic (exact) mass is 185 g/mol. The second kappa shape index (κ2) is 3.95. The molecule has 1 aromatic rings. The summed E-state index contributed by atoms with van der Waals surface area (Å²) in [6, 6.07) is 9.73. The second-order valence-corrected chi connectivity index (χ2v) is 3.17. The molecule has 0 bridgehead atoms. The molecule has 1 aliphatic rings. The van der Waals surface area contributed by atoms with Crippen LogP contribution in [0.1, 0.15) is 11.1 Å². The van der Waals surface area contributed by atoms with Gasteiger partial charge in [0.05, 0.1) is 18.3 Å². The smallest absolute Gasteiger partial charge is 0.0991 e. The largest absolute Gasteiger partial charge is 0.378 e. The number of nitrogens with one attached hydrogen (secondary N) is 2. The SMILES string of the molecule is N#Cc1ccc(C2=CNCNC2)cc1. The molecule has 1 aliphatic heterocycles. The van der Waals surface area contributed by atoms with Crippen LogP contribution < -0.4 is 10.6 Å². The fraction of sp³-hybridized carbons (Fsp3) is 0.182. The third-order valence-corrected chi connectivity index (χ3v) is 2.20. The summed E-state index contributed by atoms with van der Waals surface area (Å²) >= 11 is 0. The normalized spacial score (nSPS) is 15.2. The van der Waals surface area contributed by atoms with Crippen LogP contribution in [0.3, 0.4) is 0 Å². The van der Waals surface area contributed by atoms with Crippen LogP contribution in [0.4, 0.5) is 0 Å². The highest BCUT2D eigenvalue weighted by Gasteiger charge is 2.04. The fourth-order valence-corrected chi connectivity index (χ4v) is 1.44. The molecule has 2 rings (SSSR count). The Balaban J connectivity index is 2.25. The zero-order chi connectivity index (χ0) is 9.80. The van der Waals surface area contributed by atoms with Crippen LogP contribution in [-0.2, 0) is 0 Å². The summed E-state index contributed by atoms with van der Waals surface area (Å²) in [4.78, 5) is 0. The Morgan fingerprint density at radius 2 is 2.00 bits per heavy atom. The van der Waals surface area contributed by atoms with Gasteiger partial charge in [-0.3, -0.25) is 5.32 Å². The Morgan fingerprint density at radius 3 is 2.57 bits per heavy atom. The number of rotatable bonds is 1. The molecule has 0 atom stereocenters. The van der Waals surface area contributed by atoms with Gasteiger partial charge in [0.25, 0.3) is 0 Å². The summed E-state index contributed by atoms with van der Waals surface area (Å²) < 4.78 is 0. The van der Waals surface area contributed by atoms with Crippen molar-refractivity contribution >= 4 is 5.57 Å². The molecule has 0 saturated heterocycles. The predicted octanol–water partition coefficient (Wildman–Crippen LogP) is 1.05. The first-order valence-electron chi connectivity index (χ1n) is 4.54. The van der Waals surface area contributed by atoms with E-state index in [-0.39, 0.29) is 0 Å². The highest BCUT2D eigenvalue weighted by atomic mass is 15.1. The van der Waals surface area contributed by atoms with Crippen LogP contribution in [0.25, 0.3) is 5.57 Å². The third kappa shape index (κ3) is 1.76. The van der Waals surface area contributed by atoms with E-state index in [4.69, 9.17) is 5.26 Å². The summed E-state index contributed by atoms with van der Waals surface area (Å²) in [5.41, 5.74) is 3.08. The topological polar surface area (TPSA) is 47.9 Å². The van der Waals surface area contributed by atoms with Crippen molar-refractivity contribution in [3.63, 3.8) is 0 Å². The Morgan fingerprint density at radius 1 is 1.21 bits per heavy atom. The van der Waals surface area contributed by atoms with Crippen molar-refractivity contribution < 1.29 is 0 Å². The summed E-state index contributed by atoms with van der Waals surface area (Å²) in [5.74, 6) is 0. The Labute approximate surface area is 83.1 Å². The van der Waals surface area contributed by atoms with Gasteiger partial charge in [-0.2, -0.15) is 5.26 Å². The number of hydrogen-bond acceptors (Lipinski definition) is 3. The molecule has 0 spiro atoms. The fourth-order valence-electron chi connectivity index (χ4n) is 1.44. The Hall–Kier alpha value is -1.79. The molecule has 0 aromatic heterocycles. The lowest BCUT2D eigenvalue weighted by Gasteiger charge is -2.15. The first-order chi connectivity index (χ1) is 6.90. The van der Waals surface area contributed by atoms with Crippen LogP contribution in [0, 0.1) is 11.3 Å². The molecular formula is C11H11N3. The molecular weight excluding hydrogens is 174 g/mol. The molecule has 3 nitrogen and oxygen atoms in total. The van der Waals surface area contributed by atoms with Gasteiger partial charge in [-0.15, -0.1) is 0 Å². The molecule has 1 aromatic carbocycles. The molecule has 0 fully saturated rings. The molecule has 70 valence electrons. The van der Waals surface area contributed by atoms with Crippen LogP contribution >= 0.6 is 0 Å². The zero-order valence-corrected chi connectivity index (χ0v) is 7.75. The number of nitrogens with zero attached hydrogens (tertiary/aromatic N) is 1. The molecule has 14 heavy (non-hydrogen) atoms. The Bertz CT molecular complexity index is 384. The molecule has 3 heteroatoms. The highest BCUT2D eigenvalue weighted by Crippen LogP contribution is 2.14. The molecule has 0 saturated carbocycles. The highest BCUT2D eigenvalue weighted by molar-refractivity contribution is 5.67. The van der Waals surface area contributed by atoms with E-state index in [9.17, 15) is 0 Å². The molecule has 1 heterocycles. The van der Waals surface area contributed by atoms with E-state index in [0.717, 1.165) is 18.8 Å². The van der Waals surface area contributed by atoms with Crippen molar-refractivity contribution in [2.24, 2.45) is 0 Å². The second-order valence-electron chi connectivity index (χ2n) is 3.17. The van der Waals surface area contributed by atoms with Gasteiger partial charge in [0.1, 0.15) is 0 Å². The summed E-state index contributed by atoms with van der Waals surface area (Å²) in [6.07, 6.45) is 2.01. The average Bonchev–Trinajstić information content (AvgIpc) is 2.30. The van der Waals surface area contributed by atoms with Gasteiger partial charge >= 0.3 is 0 Å². The number of nitriles is 1. The Kier molecular flexibility index (Phi) is 2.48. The van der Waals surface area contributed by atoms with Gasteiger partial charge in [-0.1, -0.05) is 12.1 Å². The van der Waals surface area contributed by atoms with Crippen molar-refractivity contribution in [3.8, 4) is 6.07 Å². The first kappa shape index (κ1) is 8.79. The lowest BCUT2D eigenvalue weighted by Crippen LogP contribution is -2.31. The summed E-state index contributed by atoms with van der Waals surface area (Å²) in [6.45, 7) is 1.69. The number of benzene rings is 1. The van der Waals surface area contributed by atoms with Crippen LogP contribution in [-0.4, -0.2) is 13.2 Å². The maximum absolute atomic E-state index is 8.65. The van der Waals surface area contributed by atoms with Gasteiger partial charge in [-0.05, 0) is 23.3 Å². The van der Waals surface area contributed by atoms with E-state index in [2.05, 4.69) is 16.7 Å². The summed E-state index contributed by atoms with van der Waals surface area (Å²) in [5, 5.41) is 15.0. The quantitative estimate of drug-likeness (QED) is 0.687. The van der Waals surface area contributed by atoms with Gasteiger partial charge in [-0.25, -0.2) is 0 Å². The van der Waals surface area contributed by atoms with E-state index in [0.29, 0.717) is 5.56 Å². The van der Waals surface area contributed by atoms with E-state index in [1.165, 1.54) is 5.57 Å².